The van der Waals surface area contributed by atoms with E-state index < -0.39 is 0 Å². The Morgan fingerprint density at radius 3 is 2.64 bits per heavy atom. The summed E-state index contributed by atoms with van der Waals surface area (Å²) in [5, 5.41) is 3.06. The molecule has 14 heavy (non-hydrogen) atoms. The quantitative estimate of drug-likeness (QED) is 0.835. The molecule has 0 aliphatic rings. The van der Waals surface area contributed by atoms with E-state index in [1.54, 1.807) is 0 Å². The summed E-state index contributed by atoms with van der Waals surface area (Å²) >= 11 is 12.4. The van der Waals surface area contributed by atoms with Crippen LogP contribution in [0.15, 0.2) is 0 Å². The standard InChI is InChI=1S/C7H9Cl2N3OS/c1-12(2)3-10-7(13)5-4(8)6(9)11-14-5/h3H2,1-2H3,(H,10,13). The molecule has 7 heteroatoms. The fraction of sp³-hybridized carbons (Fsp3) is 0.429. The van der Waals surface area contributed by atoms with Crippen molar-refractivity contribution in [3.05, 3.63) is 15.1 Å². The number of nitrogens with zero attached hydrogens (tertiary/aromatic N) is 2. The molecule has 1 heterocycles. The highest BCUT2D eigenvalue weighted by atomic mass is 35.5. The Balaban J connectivity index is 2.66. The van der Waals surface area contributed by atoms with Crippen LogP contribution in [0.5, 0.6) is 0 Å². The maximum absolute atomic E-state index is 11.5. The van der Waals surface area contributed by atoms with Crippen molar-refractivity contribution in [2.24, 2.45) is 0 Å². The summed E-state index contributed by atoms with van der Waals surface area (Å²) < 4.78 is 3.77. The van der Waals surface area contributed by atoms with Gasteiger partial charge in [-0.15, -0.1) is 0 Å². The summed E-state index contributed by atoms with van der Waals surface area (Å²) in [5.74, 6) is -0.256. The zero-order valence-corrected chi connectivity index (χ0v) is 10.0. The first kappa shape index (κ1) is 11.7. The fourth-order valence-electron chi connectivity index (χ4n) is 0.711. The van der Waals surface area contributed by atoms with Crippen LogP contribution in [0.3, 0.4) is 0 Å². The SMILES string of the molecule is CN(C)CNC(=O)c1snc(Cl)c1Cl. The second kappa shape index (κ2) is 4.93. The molecular formula is C7H9Cl2N3OS. The van der Waals surface area contributed by atoms with E-state index in [9.17, 15) is 4.79 Å². The summed E-state index contributed by atoms with van der Waals surface area (Å²) in [6.07, 6.45) is 0. The topological polar surface area (TPSA) is 45.2 Å². The van der Waals surface area contributed by atoms with Crippen LogP contribution >= 0.6 is 34.7 Å². The average Bonchev–Trinajstić information content (AvgIpc) is 2.44. The van der Waals surface area contributed by atoms with Gasteiger partial charge in [0.25, 0.3) is 5.91 Å². The molecule has 0 aliphatic heterocycles. The molecule has 0 bridgehead atoms. The smallest absolute Gasteiger partial charge is 0.265 e. The predicted molar refractivity (Wildman–Crippen MR) is 58.2 cm³/mol. The van der Waals surface area contributed by atoms with E-state index in [0.717, 1.165) is 11.5 Å². The molecule has 0 aliphatic carbocycles. The molecule has 0 radical (unpaired) electrons. The Bertz CT molecular complexity index is 340. The highest BCUT2D eigenvalue weighted by Crippen LogP contribution is 2.28. The first-order valence-corrected chi connectivity index (χ1v) is 5.29. The predicted octanol–water partition coefficient (Wildman–Crippen LogP) is 1.70. The van der Waals surface area contributed by atoms with Crippen LogP contribution in [-0.2, 0) is 0 Å². The molecule has 4 nitrogen and oxygen atoms in total. The molecule has 0 atom stereocenters. The molecule has 1 N–H and O–H groups in total. The van der Waals surface area contributed by atoms with Gasteiger partial charge in [-0.25, -0.2) is 0 Å². The van der Waals surface area contributed by atoms with Gasteiger partial charge in [0.05, 0.1) is 6.67 Å². The minimum absolute atomic E-state index is 0.173. The molecule has 0 saturated heterocycles. The summed E-state index contributed by atoms with van der Waals surface area (Å²) in [4.78, 5) is 13.6. The second-order valence-corrected chi connectivity index (χ2v) is 4.37. The molecule has 0 saturated carbocycles. The molecule has 78 valence electrons. The lowest BCUT2D eigenvalue weighted by atomic mass is 10.4. The van der Waals surface area contributed by atoms with Crippen molar-refractivity contribution >= 4 is 40.6 Å². The van der Waals surface area contributed by atoms with Crippen LogP contribution in [0.2, 0.25) is 10.2 Å². The van der Waals surface area contributed by atoms with Crippen molar-refractivity contribution in [3.63, 3.8) is 0 Å². The third-order valence-electron chi connectivity index (χ3n) is 1.36. The van der Waals surface area contributed by atoms with Crippen LogP contribution < -0.4 is 5.32 Å². The van der Waals surface area contributed by atoms with Crippen molar-refractivity contribution in [2.45, 2.75) is 0 Å². The number of carbonyl (C=O) groups excluding carboxylic acids is 1. The summed E-state index contributed by atoms with van der Waals surface area (Å²) in [5.41, 5.74) is 0. The molecule has 0 unspecified atom stereocenters. The zero-order valence-electron chi connectivity index (χ0n) is 7.67. The number of hydrogen-bond donors (Lipinski definition) is 1. The van der Waals surface area contributed by atoms with Gasteiger partial charge in [0.2, 0.25) is 0 Å². The van der Waals surface area contributed by atoms with Gasteiger partial charge in [-0.05, 0) is 25.6 Å². The summed E-state index contributed by atoms with van der Waals surface area (Å²) in [6.45, 7) is 0.449. The van der Waals surface area contributed by atoms with Gasteiger partial charge in [-0.3, -0.25) is 9.69 Å². The van der Waals surface area contributed by atoms with E-state index in [2.05, 4.69) is 9.69 Å². The lowest BCUT2D eigenvalue weighted by Gasteiger charge is -2.09. The molecule has 1 aromatic rings. The van der Waals surface area contributed by atoms with Crippen molar-refractivity contribution in [2.75, 3.05) is 20.8 Å². The molecule has 0 aromatic carbocycles. The Morgan fingerprint density at radius 2 is 2.21 bits per heavy atom. The number of nitrogens with one attached hydrogen (secondary N) is 1. The third-order valence-corrected chi connectivity index (χ3v) is 3.16. The molecule has 0 fully saturated rings. The monoisotopic (exact) mass is 253 g/mol. The second-order valence-electron chi connectivity index (χ2n) is 2.86. The molecular weight excluding hydrogens is 245 g/mol. The molecule has 1 amide bonds. The minimum Gasteiger partial charge on any atom is -0.338 e. The first-order chi connectivity index (χ1) is 6.52. The number of rotatable bonds is 3. The lowest BCUT2D eigenvalue weighted by Crippen LogP contribution is -2.32. The Hall–Kier alpha value is -0.360. The van der Waals surface area contributed by atoms with E-state index in [0.29, 0.717) is 11.5 Å². The first-order valence-electron chi connectivity index (χ1n) is 3.76. The number of amides is 1. The van der Waals surface area contributed by atoms with Crippen molar-refractivity contribution in [3.8, 4) is 0 Å². The third kappa shape index (κ3) is 2.81. The van der Waals surface area contributed by atoms with Gasteiger partial charge in [-0.2, -0.15) is 4.37 Å². The highest BCUT2D eigenvalue weighted by molar-refractivity contribution is 7.09. The normalized spacial score (nSPS) is 10.6. The maximum atomic E-state index is 11.5. The number of carbonyl (C=O) groups is 1. The van der Waals surface area contributed by atoms with Crippen LogP contribution in [0, 0.1) is 0 Å². The number of hydrogen-bond acceptors (Lipinski definition) is 4. The van der Waals surface area contributed by atoms with Gasteiger partial charge in [0.15, 0.2) is 5.15 Å². The van der Waals surface area contributed by atoms with Crippen molar-refractivity contribution < 1.29 is 4.79 Å². The van der Waals surface area contributed by atoms with E-state index in [4.69, 9.17) is 23.2 Å². The van der Waals surface area contributed by atoms with E-state index in [1.165, 1.54) is 0 Å². The van der Waals surface area contributed by atoms with Gasteiger partial charge in [0, 0.05) is 0 Å². The highest BCUT2D eigenvalue weighted by Gasteiger charge is 2.16. The van der Waals surface area contributed by atoms with E-state index in [-0.39, 0.29) is 16.1 Å². The summed E-state index contributed by atoms with van der Waals surface area (Å²) in [7, 11) is 3.70. The van der Waals surface area contributed by atoms with Crippen LogP contribution in [-0.4, -0.2) is 35.9 Å². The Labute approximate surface area is 96.0 Å². The van der Waals surface area contributed by atoms with Gasteiger partial charge in [-0.1, -0.05) is 23.2 Å². The van der Waals surface area contributed by atoms with E-state index >= 15 is 0 Å². The molecule has 0 spiro atoms. The van der Waals surface area contributed by atoms with Crippen LogP contribution in [0.1, 0.15) is 9.67 Å². The number of halogens is 2. The van der Waals surface area contributed by atoms with Crippen molar-refractivity contribution in [1.29, 1.82) is 0 Å². The van der Waals surface area contributed by atoms with Crippen LogP contribution in [0.4, 0.5) is 0 Å². The number of aromatic nitrogens is 1. The largest absolute Gasteiger partial charge is 0.338 e. The van der Waals surface area contributed by atoms with Gasteiger partial charge in [0.1, 0.15) is 9.90 Å². The molecule has 1 rings (SSSR count). The Morgan fingerprint density at radius 1 is 1.57 bits per heavy atom. The zero-order chi connectivity index (χ0) is 10.7. The fourth-order valence-corrected chi connectivity index (χ4v) is 1.84. The molecule has 1 aromatic heterocycles. The minimum atomic E-state index is -0.256. The summed E-state index contributed by atoms with van der Waals surface area (Å²) in [6, 6.07) is 0. The van der Waals surface area contributed by atoms with Gasteiger partial charge >= 0.3 is 0 Å². The Kier molecular flexibility index (Phi) is 4.12. The lowest BCUT2D eigenvalue weighted by molar-refractivity contribution is 0.0939. The average molecular weight is 254 g/mol. The van der Waals surface area contributed by atoms with E-state index in [1.807, 2.05) is 19.0 Å². The maximum Gasteiger partial charge on any atom is 0.265 e. The van der Waals surface area contributed by atoms with Crippen LogP contribution in [0.25, 0.3) is 0 Å². The van der Waals surface area contributed by atoms with Crippen molar-refractivity contribution in [1.82, 2.24) is 14.6 Å². The van der Waals surface area contributed by atoms with Gasteiger partial charge < -0.3 is 5.32 Å².